The van der Waals surface area contributed by atoms with Crippen LogP contribution < -0.4 is 5.32 Å². The van der Waals surface area contributed by atoms with Gasteiger partial charge < -0.3 is 5.32 Å². The van der Waals surface area contributed by atoms with Gasteiger partial charge in [-0.1, -0.05) is 46.9 Å². The van der Waals surface area contributed by atoms with Gasteiger partial charge in [-0.25, -0.2) is 0 Å². The second-order valence-electron chi connectivity index (χ2n) is 4.25. The standard InChI is InChI=1S/C15H10Cl3NO2/c16-11-3-1-2-9(6-11)14(20)8-19-15(21)10-4-5-12(17)13(18)7-10/h1-7H,8H2,(H,19,21). The van der Waals surface area contributed by atoms with E-state index in [-0.39, 0.29) is 17.4 Å². The van der Waals surface area contributed by atoms with Crippen LogP contribution in [0.1, 0.15) is 20.7 Å². The Hall–Kier alpha value is -1.55. The molecule has 0 radical (unpaired) electrons. The molecule has 0 heterocycles. The summed E-state index contributed by atoms with van der Waals surface area (Å²) in [6.45, 7) is -0.126. The molecule has 0 unspecified atom stereocenters. The average molecular weight is 343 g/mol. The quantitative estimate of drug-likeness (QED) is 0.844. The number of carbonyl (C=O) groups is 2. The molecule has 0 fully saturated rings. The molecule has 1 amide bonds. The molecule has 0 atom stereocenters. The number of nitrogens with one attached hydrogen (secondary N) is 1. The normalized spacial score (nSPS) is 10.2. The van der Waals surface area contributed by atoms with E-state index in [9.17, 15) is 9.59 Å². The van der Waals surface area contributed by atoms with E-state index in [0.717, 1.165) is 0 Å². The Bertz CT molecular complexity index is 701. The maximum Gasteiger partial charge on any atom is 0.251 e. The van der Waals surface area contributed by atoms with Crippen molar-refractivity contribution in [2.45, 2.75) is 0 Å². The molecule has 0 saturated carbocycles. The molecule has 0 aromatic heterocycles. The number of ketones is 1. The summed E-state index contributed by atoms with van der Waals surface area (Å²) in [5.74, 6) is -0.630. The maximum absolute atomic E-state index is 11.9. The summed E-state index contributed by atoms with van der Waals surface area (Å²) >= 11 is 17.4. The van der Waals surface area contributed by atoms with E-state index in [1.54, 1.807) is 24.3 Å². The Morgan fingerprint density at radius 2 is 1.67 bits per heavy atom. The molecule has 0 saturated heterocycles. The molecule has 2 rings (SSSR count). The van der Waals surface area contributed by atoms with Gasteiger partial charge in [0.25, 0.3) is 5.91 Å². The van der Waals surface area contributed by atoms with Gasteiger partial charge in [-0.05, 0) is 30.3 Å². The van der Waals surface area contributed by atoms with Gasteiger partial charge >= 0.3 is 0 Å². The lowest BCUT2D eigenvalue weighted by molar-refractivity contribution is 0.0904. The van der Waals surface area contributed by atoms with Crippen LogP contribution in [-0.2, 0) is 0 Å². The first-order valence-corrected chi connectivity index (χ1v) is 7.13. The third kappa shape index (κ3) is 4.21. The first-order chi connectivity index (χ1) is 9.97. The Kier molecular flexibility index (Phi) is 5.23. The van der Waals surface area contributed by atoms with E-state index >= 15 is 0 Å². The lowest BCUT2D eigenvalue weighted by Gasteiger charge is -2.06. The van der Waals surface area contributed by atoms with Crippen LogP contribution in [0.25, 0.3) is 0 Å². The summed E-state index contributed by atoms with van der Waals surface area (Å²) in [5, 5.41) is 3.65. The molecule has 6 heteroatoms. The van der Waals surface area contributed by atoms with E-state index in [1.165, 1.54) is 18.2 Å². The molecule has 0 aliphatic rings. The van der Waals surface area contributed by atoms with Gasteiger partial charge in [0.1, 0.15) is 0 Å². The van der Waals surface area contributed by atoms with Gasteiger partial charge in [0.05, 0.1) is 16.6 Å². The van der Waals surface area contributed by atoms with Crippen molar-refractivity contribution in [3.63, 3.8) is 0 Å². The van der Waals surface area contributed by atoms with E-state index in [4.69, 9.17) is 34.8 Å². The SMILES string of the molecule is O=C(CNC(=O)c1ccc(Cl)c(Cl)c1)c1cccc(Cl)c1. The molecule has 2 aromatic rings. The Balaban J connectivity index is 2.00. The largest absolute Gasteiger partial charge is 0.345 e. The molecule has 2 aromatic carbocycles. The monoisotopic (exact) mass is 341 g/mol. The molecule has 1 N–H and O–H groups in total. The number of carbonyl (C=O) groups excluding carboxylic acids is 2. The van der Waals surface area contributed by atoms with Crippen molar-refractivity contribution in [2.24, 2.45) is 0 Å². The minimum absolute atomic E-state index is 0.126. The molecule has 0 spiro atoms. The number of benzene rings is 2. The number of hydrogen-bond acceptors (Lipinski definition) is 2. The van der Waals surface area contributed by atoms with Gasteiger partial charge in [0.2, 0.25) is 0 Å². The second-order valence-corrected chi connectivity index (χ2v) is 5.50. The summed E-state index contributed by atoms with van der Waals surface area (Å²) in [7, 11) is 0. The molecular weight excluding hydrogens is 333 g/mol. The van der Waals surface area contributed by atoms with Crippen LogP contribution in [0.3, 0.4) is 0 Å². The maximum atomic E-state index is 11.9. The first kappa shape index (κ1) is 15.8. The van der Waals surface area contributed by atoms with E-state index in [2.05, 4.69) is 5.32 Å². The summed E-state index contributed by atoms with van der Waals surface area (Å²) in [4.78, 5) is 23.9. The smallest absolute Gasteiger partial charge is 0.251 e. The molecule has 0 aliphatic heterocycles. The summed E-state index contributed by atoms with van der Waals surface area (Å²) in [6.07, 6.45) is 0. The van der Waals surface area contributed by atoms with Gasteiger partial charge in [0.15, 0.2) is 5.78 Å². The lowest BCUT2D eigenvalue weighted by atomic mass is 10.1. The number of hydrogen-bond donors (Lipinski definition) is 1. The third-order valence-electron chi connectivity index (χ3n) is 2.74. The van der Waals surface area contributed by atoms with E-state index in [0.29, 0.717) is 21.2 Å². The highest BCUT2D eigenvalue weighted by Crippen LogP contribution is 2.22. The molecule has 21 heavy (non-hydrogen) atoms. The highest BCUT2D eigenvalue weighted by Gasteiger charge is 2.11. The number of rotatable bonds is 4. The second kappa shape index (κ2) is 6.94. The van der Waals surface area contributed by atoms with E-state index in [1.807, 2.05) is 0 Å². The number of Topliss-reactive ketones (excluding diaryl/α,β-unsaturated/α-hetero) is 1. The van der Waals surface area contributed by atoms with Gasteiger partial charge in [-0.2, -0.15) is 0 Å². The highest BCUT2D eigenvalue weighted by molar-refractivity contribution is 6.42. The molecule has 3 nitrogen and oxygen atoms in total. The van der Waals surface area contributed by atoms with Crippen molar-refractivity contribution < 1.29 is 9.59 Å². The zero-order valence-electron chi connectivity index (χ0n) is 10.7. The van der Waals surface area contributed by atoms with Crippen LogP contribution in [0.2, 0.25) is 15.1 Å². The van der Waals surface area contributed by atoms with Crippen LogP contribution in [0.4, 0.5) is 0 Å². The predicted octanol–water partition coefficient (Wildman–Crippen LogP) is 4.26. The van der Waals surface area contributed by atoms with Gasteiger partial charge in [-0.15, -0.1) is 0 Å². The summed E-state index contributed by atoms with van der Waals surface area (Å²) < 4.78 is 0. The van der Waals surface area contributed by atoms with Crippen molar-refractivity contribution in [2.75, 3.05) is 6.54 Å². The van der Waals surface area contributed by atoms with Crippen molar-refractivity contribution in [1.29, 1.82) is 0 Å². The highest BCUT2D eigenvalue weighted by atomic mass is 35.5. The zero-order chi connectivity index (χ0) is 15.4. The van der Waals surface area contributed by atoms with Crippen LogP contribution in [0.5, 0.6) is 0 Å². The van der Waals surface area contributed by atoms with Crippen molar-refractivity contribution >= 4 is 46.5 Å². The minimum atomic E-state index is -0.399. The van der Waals surface area contributed by atoms with Gasteiger partial charge in [0, 0.05) is 16.1 Å². The molecule has 108 valence electrons. The van der Waals surface area contributed by atoms with Crippen LogP contribution >= 0.6 is 34.8 Å². The van der Waals surface area contributed by atoms with Crippen molar-refractivity contribution in [1.82, 2.24) is 5.32 Å². The topological polar surface area (TPSA) is 46.2 Å². The van der Waals surface area contributed by atoms with Gasteiger partial charge in [-0.3, -0.25) is 9.59 Å². The summed E-state index contributed by atoms with van der Waals surface area (Å²) in [6, 6.07) is 11.0. The fraction of sp³-hybridized carbons (Fsp3) is 0.0667. The first-order valence-electron chi connectivity index (χ1n) is 5.99. The van der Waals surface area contributed by atoms with Crippen molar-refractivity contribution in [3.05, 3.63) is 68.7 Å². The minimum Gasteiger partial charge on any atom is -0.345 e. The molecule has 0 bridgehead atoms. The Morgan fingerprint density at radius 1 is 0.905 bits per heavy atom. The average Bonchev–Trinajstić information content (AvgIpc) is 2.47. The fourth-order valence-corrected chi connectivity index (χ4v) is 2.15. The number of amides is 1. The van der Waals surface area contributed by atoms with Crippen LogP contribution in [0.15, 0.2) is 42.5 Å². The fourth-order valence-electron chi connectivity index (χ4n) is 1.66. The Labute approximate surface area is 136 Å². The van der Waals surface area contributed by atoms with E-state index < -0.39 is 5.91 Å². The third-order valence-corrected chi connectivity index (χ3v) is 3.71. The predicted molar refractivity (Wildman–Crippen MR) is 84.6 cm³/mol. The van der Waals surface area contributed by atoms with Crippen LogP contribution in [0, 0.1) is 0 Å². The molecular formula is C15H10Cl3NO2. The summed E-state index contributed by atoms with van der Waals surface area (Å²) in [5.41, 5.74) is 0.778. The number of halogens is 3. The Morgan fingerprint density at radius 3 is 2.33 bits per heavy atom. The zero-order valence-corrected chi connectivity index (χ0v) is 13.0. The van der Waals surface area contributed by atoms with Crippen LogP contribution in [-0.4, -0.2) is 18.2 Å². The lowest BCUT2D eigenvalue weighted by Crippen LogP contribution is -2.29. The van der Waals surface area contributed by atoms with Crippen molar-refractivity contribution in [3.8, 4) is 0 Å². The molecule has 0 aliphatic carbocycles.